The second-order valence-electron chi connectivity index (χ2n) is 10.4. The molecule has 2 heterocycles. The van der Waals surface area contributed by atoms with Gasteiger partial charge in [-0.15, -0.1) is 0 Å². The third-order valence-corrected chi connectivity index (χ3v) is 7.58. The van der Waals surface area contributed by atoms with Crippen molar-refractivity contribution in [1.82, 2.24) is 20.2 Å². The summed E-state index contributed by atoms with van der Waals surface area (Å²) in [5, 5.41) is 12.3. The van der Waals surface area contributed by atoms with E-state index in [1.54, 1.807) is 32.0 Å². The molecular formula is C32H35FN6O2. The predicted octanol–water partition coefficient (Wildman–Crippen LogP) is 5.11. The summed E-state index contributed by atoms with van der Waals surface area (Å²) in [5.74, 6) is -0.542. The molecule has 0 bridgehead atoms. The van der Waals surface area contributed by atoms with Crippen LogP contribution in [0, 0.1) is 31.0 Å². The number of Topliss-reactive ketones (excluding diaryl/α,β-unsaturated/α-hetero) is 1. The molecule has 1 aromatic heterocycles. The fourth-order valence-corrected chi connectivity index (χ4v) is 5.08. The van der Waals surface area contributed by atoms with Crippen LogP contribution in [0.5, 0.6) is 0 Å². The zero-order chi connectivity index (χ0) is 29.5. The van der Waals surface area contributed by atoms with Crippen LogP contribution in [0.4, 0.5) is 10.1 Å². The van der Waals surface area contributed by atoms with E-state index in [1.165, 1.54) is 25.4 Å². The number of nitriles is 1. The van der Waals surface area contributed by atoms with Crippen molar-refractivity contribution in [2.24, 2.45) is 0 Å². The normalized spacial score (nSPS) is 14.1. The maximum atomic E-state index is 14.8. The molecule has 0 aliphatic carbocycles. The first kappa shape index (κ1) is 29.6. The molecule has 4 rings (SSSR count). The van der Waals surface area contributed by atoms with Crippen LogP contribution in [-0.2, 0) is 6.54 Å². The number of carbonyl (C=O) groups is 2. The summed E-state index contributed by atoms with van der Waals surface area (Å²) >= 11 is 0. The first-order chi connectivity index (χ1) is 19.7. The molecule has 0 fully saturated rings. The van der Waals surface area contributed by atoms with Gasteiger partial charge in [-0.25, -0.2) is 14.4 Å². The molecule has 1 N–H and O–H groups in total. The average Bonchev–Trinajstić information content (AvgIpc) is 2.97. The lowest BCUT2D eigenvalue weighted by molar-refractivity contribution is 0.0945. The van der Waals surface area contributed by atoms with Gasteiger partial charge in [-0.1, -0.05) is 6.08 Å². The Morgan fingerprint density at radius 2 is 1.85 bits per heavy atom. The minimum Gasteiger partial charge on any atom is -0.352 e. The summed E-state index contributed by atoms with van der Waals surface area (Å²) in [6.45, 7) is 9.58. The Kier molecular flexibility index (Phi) is 9.58. The number of aromatic nitrogens is 2. The zero-order valence-electron chi connectivity index (χ0n) is 23.9. The van der Waals surface area contributed by atoms with Crippen molar-refractivity contribution in [2.75, 3.05) is 24.5 Å². The molecule has 2 aromatic carbocycles. The number of rotatable bonds is 10. The molecule has 212 valence electrons. The molecule has 9 heteroatoms. The lowest BCUT2D eigenvalue weighted by atomic mass is 10.0. The highest BCUT2D eigenvalue weighted by atomic mass is 19.1. The molecule has 8 nitrogen and oxygen atoms in total. The highest BCUT2D eigenvalue weighted by molar-refractivity contribution is 5.96. The summed E-state index contributed by atoms with van der Waals surface area (Å²) in [5.41, 5.74) is 5.20. The Balaban J connectivity index is 1.45. The average molecular weight is 555 g/mol. The molecule has 1 atom stereocenters. The van der Waals surface area contributed by atoms with Crippen molar-refractivity contribution in [3.8, 4) is 6.07 Å². The first-order valence-corrected chi connectivity index (χ1v) is 13.7. The molecule has 0 spiro atoms. The van der Waals surface area contributed by atoms with Gasteiger partial charge in [0.15, 0.2) is 5.78 Å². The van der Waals surface area contributed by atoms with Gasteiger partial charge < -0.3 is 10.2 Å². The standard InChI is InChI=1S/C32H35FN6O2/c1-21(11-14-35-32(41)31-22(2)36-20-37-23(31)3)38-15-12-29(13-16-38)39(28-8-6-26(7-9-28)24(4)40)19-27-17-25(18-34)5-10-30(27)33/h5-10,12,17,20-21H,11,13-16,19H2,1-4H3,(H,35,41). The number of ketones is 1. The Morgan fingerprint density at radius 3 is 2.46 bits per heavy atom. The smallest absolute Gasteiger partial charge is 0.254 e. The quantitative estimate of drug-likeness (QED) is 0.348. The molecular weight excluding hydrogens is 519 g/mol. The number of nitrogens with one attached hydrogen (secondary N) is 1. The van der Waals surface area contributed by atoms with E-state index in [2.05, 4.69) is 44.2 Å². The highest BCUT2D eigenvalue weighted by Gasteiger charge is 2.23. The summed E-state index contributed by atoms with van der Waals surface area (Å²) in [7, 11) is 0. The molecule has 1 amide bonds. The van der Waals surface area contributed by atoms with E-state index in [1.807, 2.05) is 12.1 Å². The lowest BCUT2D eigenvalue weighted by Crippen LogP contribution is -2.41. The van der Waals surface area contributed by atoms with Gasteiger partial charge in [0, 0.05) is 54.6 Å². The molecule has 1 unspecified atom stereocenters. The summed E-state index contributed by atoms with van der Waals surface area (Å²) in [6, 6.07) is 14.0. The van der Waals surface area contributed by atoms with Crippen LogP contribution in [0.3, 0.4) is 0 Å². The number of carbonyl (C=O) groups excluding carboxylic acids is 2. The second kappa shape index (κ2) is 13.3. The van der Waals surface area contributed by atoms with Gasteiger partial charge in [-0.2, -0.15) is 5.26 Å². The third kappa shape index (κ3) is 7.21. The van der Waals surface area contributed by atoms with E-state index in [4.69, 9.17) is 0 Å². The number of aryl methyl sites for hydroxylation is 2. The number of nitrogens with zero attached hydrogens (tertiary/aromatic N) is 5. The van der Waals surface area contributed by atoms with E-state index in [-0.39, 0.29) is 30.1 Å². The van der Waals surface area contributed by atoms with Crippen molar-refractivity contribution in [1.29, 1.82) is 5.26 Å². The molecule has 3 aromatic rings. The van der Waals surface area contributed by atoms with Crippen molar-refractivity contribution in [3.05, 3.63) is 100 Å². The summed E-state index contributed by atoms with van der Waals surface area (Å²) in [6.07, 6.45) is 5.13. The predicted molar refractivity (Wildman–Crippen MR) is 156 cm³/mol. The maximum absolute atomic E-state index is 14.8. The SMILES string of the molecule is CC(=O)c1ccc(N(Cc2cc(C#N)ccc2F)C2=CCN(C(C)CCNC(=O)c3c(C)ncnc3C)CC2)cc1. The molecule has 1 aliphatic heterocycles. The van der Waals surface area contributed by atoms with Crippen molar-refractivity contribution in [2.45, 2.75) is 53.1 Å². The van der Waals surface area contributed by atoms with Gasteiger partial charge in [-0.3, -0.25) is 14.5 Å². The monoisotopic (exact) mass is 554 g/mol. The van der Waals surface area contributed by atoms with Crippen molar-refractivity contribution < 1.29 is 14.0 Å². The van der Waals surface area contributed by atoms with E-state index >= 15 is 0 Å². The second-order valence-corrected chi connectivity index (χ2v) is 10.4. The van der Waals surface area contributed by atoms with E-state index in [0.717, 1.165) is 30.8 Å². The Bertz CT molecular complexity index is 1470. The number of hydrogen-bond donors (Lipinski definition) is 1. The largest absolute Gasteiger partial charge is 0.352 e. The van der Waals surface area contributed by atoms with Crippen molar-refractivity contribution in [3.63, 3.8) is 0 Å². The van der Waals surface area contributed by atoms with Gasteiger partial charge in [0.2, 0.25) is 0 Å². The van der Waals surface area contributed by atoms with Gasteiger partial charge in [0.25, 0.3) is 5.91 Å². The molecule has 0 saturated heterocycles. The summed E-state index contributed by atoms with van der Waals surface area (Å²) in [4.78, 5) is 37.2. The van der Waals surface area contributed by atoms with Crippen LogP contribution in [0.2, 0.25) is 0 Å². The van der Waals surface area contributed by atoms with Crippen molar-refractivity contribution >= 4 is 17.4 Å². The Hall–Kier alpha value is -4.42. The topological polar surface area (TPSA) is 102 Å². The van der Waals surface area contributed by atoms with Crippen LogP contribution >= 0.6 is 0 Å². The third-order valence-electron chi connectivity index (χ3n) is 7.58. The number of amides is 1. The van der Waals surface area contributed by atoms with E-state index in [0.29, 0.717) is 46.7 Å². The van der Waals surface area contributed by atoms with Gasteiger partial charge in [-0.05, 0) is 76.6 Å². The van der Waals surface area contributed by atoms with Crippen LogP contribution in [0.15, 0.2) is 60.6 Å². The highest BCUT2D eigenvalue weighted by Crippen LogP contribution is 2.28. The van der Waals surface area contributed by atoms with Crippen LogP contribution in [0.1, 0.15) is 69.9 Å². The van der Waals surface area contributed by atoms with Crippen LogP contribution in [0.25, 0.3) is 0 Å². The molecule has 41 heavy (non-hydrogen) atoms. The number of benzene rings is 2. The van der Waals surface area contributed by atoms with E-state index in [9.17, 15) is 19.2 Å². The number of anilines is 1. The number of halogens is 1. The minimum atomic E-state index is -0.365. The summed E-state index contributed by atoms with van der Waals surface area (Å²) < 4.78 is 14.8. The zero-order valence-corrected chi connectivity index (χ0v) is 23.9. The fraction of sp³-hybridized carbons (Fsp3) is 0.344. The molecule has 0 saturated carbocycles. The van der Waals surface area contributed by atoms with Crippen LogP contribution < -0.4 is 10.2 Å². The van der Waals surface area contributed by atoms with E-state index < -0.39 is 0 Å². The minimum absolute atomic E-state index is 0.0177. The lowest BCUT2D eigenvalue weighted by Gasteiger charge is -2.36. The van der Waals surface area contributed by atoms with Gasteiger partial charge in [0.05, 0.1) is 35.1 Å². The Morgan fingerprint density at radius 1 is 1.15 bits per heavy atom. The molecule has 0 radical (unpaired) electrons. The maximum Gasteiger partial charge on any atom is 0.254 e. The van der Waals surface area contributed by atoms with Crippen LogP contribution in [-0.4, -0.2) is 52.2 Å². The van der Waals surface area contributed by atoms with Gasteiger partial charge >= 0.3 is 0 Å². The number of hydrogen-bond acceptors (Lipinski definition) is 7. The molecule has 1 aliphatic rings. The fourth-order valence-electron chi connectivity index (χ4n) is 5.08. The first-order valence-electron chi connectivity index (χ1n) is 13.7. The van der Waals surface area contributed by atoms with Gasteiger partial charge in [0.1, 0.15) is 12.1 Å². The Labute approximate surface area is 240 Å².